The number of methoxy groups -OCH3 is 1. The molecule has 2 aliphatic rings. The van der Waals surface area contributed by atoms with E-state index in [2.05, 4.69) is 11.4 Å². The molecule has 1 saturated heterocycles. The van der Waals surface area contributed by atoms with Crippen LogP contribution in [-0.4, -0.2) is 38.2 Å². The molecule has 0 aliphatic carbocycles. The van der Waals surface area contributed by atoms with Gasteiger partial charge in [-0.05, 0) is 23.6 Å². The number of benzene rings is 1. The highest BCUT2D eigenvalue weighted by molar-refractivity contribution is 5.95. The van der Waals surface area contributed by atoms with E-state index in [-0.39, 0.29) is 6.03 Å². The van der Waals surface area contributed by atoms with Crippen molar-refractivity contribution in [3.05, 3.63) is 22.8 Å². The topological polar surface area (TPSA) is 68.6 Å². The van der Waals surface area contributed by atoms with Gasteiger partial charge in [0.1, 0.15) is 11.6 Å². The molecule has 0 unspecified atom stereocenters. The Labute approximate surface area is 123 Å². The van der Waals surface area contributed by atoms with Gasteiger partial charge in [-0.15, -0.1) is 0 Å². The molecular formula is C15H18N4O2. The molecule has 0 atom stereocenters. The second-order valence-electron chi connectivity index (χ2n) is 5.37. The average molecular weight is 286 g/mol. The minimum absolute atomic E-state index is 0.0469. The maximum Gasteiger partial charge on any atom is 0.324 e. The Kier molecular flexibility index (Phi) is 3.43. The Morgan fingerprint density at radius 2 is 2.19 bits per heavy atom. The molecule has 21 heavy (non-hydrogen) atoms. The van der Waals surface area contributed by atoms with Gasteiger partial charge in [-0.25, -0.2) is 4.79 Å². The van der Waals surface area contributed by atoms with E-state index in [9.17, 15) is 10.1 Å². The number of hydrogen-bond donors (Lipinski definition) is 1. The van der Waals surface area contributed by atoms with Gasteiger partial charge >= 0.3 is 6.03 Å². The predicted octanol–water partition coefficient (Wildman–Crippen LogP) is 1.43. The summed E-state index contributed by atoms with van der Waals surface area (Å²) >= 11 is 0. The predicted molar refractivity (Wildman–Crippen MR) is 78.2 cm³/mol. The van der Waals surface area contributed by atoms with Crippen molar-refractivity contribution in [3.63, 3.8) is 0 Å². The Morgan fingerprint density at radius 1 is 1.38 bits per heavy atom. The molecule has 0 saturated carbocycles. The van der Waals surface area contributed by atoms with E-state index in [1.165, 1.54) is 0 Å². The number of ether oxygens (including phenoxy) is 1. The van der Waals surface area contributed by atoms with Crippen LogP contribution in [0, 0.1) is 11.3 Å². The van der Waals surface area contributed by atoms with Gasteiger partial charge in [-0.2, -0.15) is 5.26 Å². The molecule has 1 aromatic rings. The molecule has 6 heteroatoms. The normalized spacial score (nSPS) is 17.7. The van der Waals surface area contributed by atoms with E-state index in [0.717, 1.165) is 30.6 Å². The summed E-state index contributed by atoms with van der Waals surface area (Å²) in [5, 5.41) is 12.7. The van der Waals surface area contributed by atoms with E-state index in [0.29, 0.717) is 30.1 Å². The van der Waals surface area contributed by atoms with Gasteiger partial charge in [0.2, 0.25) is 0 Å². The van der Waals surface area contributed by atoms with Gasteiger partial charge in [-0.1, -0.05) is 0 Å². The molecule has 110 valence electrons. The lowest BCUT2D eigenvalue weighted by molar-refractivity contribution is 0.207. The number of anilines is 1. The van der Waals surface area contributed by atoms with Gasteiger partial charge in [0.25, 0.3) is 0 Å². The van der Waals surface area contributed by atoms with E-state index >= 15 is 0 Å². The SMILES string of the molecule is COc1c(N2CCCN(C)C2=O)cc2c(c1C#N)CNC2. The minimum Gasteiger partial charge on any atom is -0.493 e. The van der Waals surface area contributed by atoms with Crippen LogP contribution in [0.25, 0.3) is 0 Å². The summed E-state index contributed by atoms with van der Waals surface area (Å²) in [6.07, 6.45) is 0.905. The number of amides is 2. The number of urea groups is 1. The first-order chi connectivity index (χ1) is 10.2. The van der Waals surface area contributed by atoms with E-state index < -0.39 is 0 Å². The zero-order valence-electron chi connectivity index (χ0n) is 12.3. The highest BCUT2D eigenvalue weighted by atomic mass is 16.5. The van der Waals surface area contributed by atoms with Crippen LogP contribution in [0.15, 0.2) is 6.07 Å². The molecule has 0 aromatic heterocycles. The molecule has 3 rings (SSSR count). The Balaban J connectivity index is 2.14. The molecule has 0 radical (unpaired) electrons. The molecule has 1 fully saturated rings. The first-order valence-corrected chi connectivity index (χ1v) is 7.03. The van der Waals surface area contributed by atoms with Gasteiger partial charge in [-0.3, -0.25) is 4.90 Å². The molecular weight excluding hydrogens is 268 g/mol. The van der Waals surface area contributed by atoms with Crippen molar-refractivity contribution in [1.29, 1.82) is 5.26 Å². The average Bonchev–Trinajstić information content (AvgIpc) is 2.96. The first kappa shape index (κ1) is 13.7. The summed E-state index contributed by atoms with van der Waals surface area (Å²) < 4.78 is 5.47. The molecule has 0 bridgehead atoms. The highest BCUT2D eigenvalue weighted by Crippen LogP contribution is 2.39. The molecule has 2 amide bonds. The zero-order valence-corrected chi connectivity index (χ0v) is 12.3. The van der Waals surface area contributed by atoms with Crippen LogP contribution in [0.4, 0.5) is 10.5 Å². The Hall–Kier alpha value is -2.26. The molecule has 1 N–H and O–H groups in total. The third kappa shape index (κ3) is 2.10. The summed E-state index contributed by atoms with van der Waals surface area (Å²) in [6, 6.07) is 4.17. The van der Waals surface area contributed by atoms with Crippen molar-refractivity contribution in [2.24, 2.45) is 0 Å². The van der Waals surface area contributed by atoms with Crippen molar-refractivity contribution in [2.45, 2.75) is 19.5 Å². The number of carbonyl (C=O) groups excluding carboxylic acids is 1. The molecule has 6 nitrogen and oxygen atoms in total. The second-order valence-corrected chi connectivity index (χ2v) is 5.37. The smallest absolute Gasteiger partial charge is 0.324 e. The maximum absolute atomic E-state index is 12.4. The molecule has 1 aromatic carbocycles. The first-order valence-electron chi connectivity index (χ1n) is 7.03. The van der Waals surface area contributed by atoms with Crippen LogP contribution in [0.5, 0.6) is 5.75 Å². The lowest BCUT2D eigenvalue weighted by atomic mass is 10.0. The quantitative estimate of drug-likeness (QED) is 0.893. The van der Waals surface area contributed by atoms with Gasteiger partial charge in [0.15, 0.2) is 5.75 Å². The fourth-order valence-corrected chi connectivity index (χ4v) is 3.04. The van der Waals surface area contributed by atoms with Gasteiger partial charge in [0, 0.05) is 33.2 Å². The summed E-state index contributed by atoms with van der Waals surface area (Å²) in [5.74, 6) is 0.503. The Bertz CT molecular complexity index is 636. The maximum atomic E-state index is 12.4. The van der Waals surface area contributed by atoms with Crippen LogP contribution >= 0.6 is 0 Å². The van der Waals surface area contributed by atoms with Crippen molar-refractivity contribution in [3.8, 4) is 11.8 Å². The summed E-state index contributed by atoms with van der Waals surface area (Å²) in [4.78, 5) is 15.8. The van der Waals surface area contributed by atoms with Crippen LogP contribution in [0.2, 0.25) is 0 Å². The van der Waals surface area contributed by atoms with Gasteiger partial charge in [0.05, 0.1) is 12.8 Å². The van der Waals surface area contributed by atoms with E-state index in [4.69, 9.17) is 4.74 Å². The number of carbonyl (C=O) groups is 1. The van der Waals surface area contributed by atoms with Crippen molar-refractivity contribution < 1.29 is 9.53 Å². The summed E-state index contributed by atoms with van der Waals surface area (Å²) in [6.45, 7) is 2.80. The van der Waals surface area contributed by atoms with Crippen molar-refractivity contribution in [2.75, 3.05) is 32.1 Å². The third-order valence-corrected chi connectivity index (χ3v) is 4.12. The van der Waals surface area contributed by atoms with Crippen molar-refractivity contribution in [1.82, 2.24) is 10.2 Å². The highest BCUT2D eigenvalue weighted by Gasteiger charge is 2.30. The lowest BCUT2D eigenvalue weighted by Gasteiger charge is -2.34. The van der Waals surface area contributed by atoms with Crippen LogP contribution in [0.1, 0.15) is 23.1 Å². The fourth-order valence-electron chi connectivity index (χ4n) is 3.04. The van der Waals surface area contributed by atoms with Crippen LogP contribution in [-0.2, 0) is 13.1 Å². The minimum atomic E-state index is -0.0469. The van der Waals surface area contributed by atoms with E-state index in [1.54, 1.807) is 24.0 Å². The standard InChI is InChI=1S/C15H18N4O2/c1-18-4-3-5-19(15(18)20)13-6-10-8-17-9-12(10)11(7-16)14(13)21-2/h6,17H,3-5,8-9H2,1-2H3. The van der Waals surface area contributed by atoms with Crippen LogP contribution in [0.3, 0.4) is 0 Å². The summed E-state index contributed by atoms with van der Waals surface area (Å²) in [7, 11) is 3.34. The molecule has 2 heterocycles. The number of nitriles is 1. The number of rotatable bonds is 2. The summed E-state index contributed by atoms with van der Waals surface area (Å²) in [5.41, 5.74) is 3.29. The van der Waals surface area contributed by atoms with Crippen LogP contribution < -0.4 is 15.0 Å². The number of hydrogen-bond acceptors (Lipinski definition) is 4. The van der Waals surface area contributed by atoms with E-state index in [1.807, 2.05) is 6.07 Å². The zero-order chi connectivity index (χ0) is 15.0. The second kappa shape index (κ2) is 5.26. The largest absolute Gasteiger partial charge is 0.493 e. The number of nitrogens with one attached hydrogen (secondary N) is 1. The monoisotopic (exact) mass is 286 g/mol. The Morgan fingerprint density at radius 3 is 2.90 bits per heavy atom. The molecule has 0 spiro atoms. The lowest BCUT2D eigenvalue weighted by Crippen LogP contribution is -2.47. The third-order valence-electron chi connectivity index (χ3n) is 4.12. The fraction of sp³-hybridized carbons (Fsp3) is 0.467. The number of fused-ring (bicyclic) bond motifs is 1. The molecule has 2 aliphatic heterocycles. The number of nitrogens with zero attached hydrogens (tertiary/aromatic N) is 3. The van der Waals surface area contributed by atoms with Crippen molar-refractivity contribution >= 4 is 11.7 Å². The van der Waals surface area contributed by atoms with Gasteiger partial charge < -0.3 is 15.0 Å².